The van der Waals surface area contributed by atoms with Crippen molar-refractivity contribution in [2.24, 2.45) is 5.10 Å². The van der Waals surface area contributed by atoms with Crippen LogP contribution in [-0.4, -0.2) is 12.1 Å². The predicted octanol–water partition coefficient (Wildman–Crippen LogP) is 4.23. The highest BCUT2D eigenvalue weighted by molar-refractivity contribution is 9.10. The van der Waals surface area contributed by atoms with Gasteiger partial charge < -0.3 is 0 Å². The molecular formula is C15H10BrF3N2O. The van der Waals surface area contributed by atoms with E-state index in [1.54, 1.807) is 24.3 Å². The zero-order valence-corrected chi connectivity index (χ0v) is 12.6. The van der Waals surface area contributed by atoms with Crippen LogP contribution in [0, 0.1) is 0 Å². The van der Waals surface area contributed by atoms with Crippen LogP contribution in [0.4, 0.5) is 13.2 Å². The van der Waals surface area contributed by atoms with Gasteiger partial charge in [-0.2, -0.15) is 18.3 Å². The monoisotopic (exact) mass is 370 g/mol. The van der Waals surface area contributed by atoms with Crippen LogP contribution >= 0.6 is 15.9 Å². The van der Waals surface area contributed by atoms with Gasteiger partial charge in [0.15, 0.2) is 0 Å². The van der Waals surface area contributed by atoms with Crippen molar-refractivity contribution in [1.29, 1.82) is 0 Å². The van der Waals surface area contributed by atoms with Gasteiger partial charge in [0.1, 0.15) is 0 Å². The molecule has 114 valence electrons. The van der Waals surface area contributed by atoms with Crippen LogP contribution < -0.4 is 5.43 Å². The fourth-order valence-corrected chi connectivity index (χ4v) is 2.09. The predicted molar refractivity (Wildman–Crippen MR) is 80.6 cm³/mol. The molecule has 0 spiro atoms. The molecule has 0 saturated carbocycles. The molecule has 0 heterocycles. The van der Waals surface area contributed by atoms with E-state index in [2.05, 4.69) is 26.5 Å². The Hall–Kier alpha value is -2.15. The second-order valence-electron chi connectivity index (χ2n) is 4.30. The van der Waals surface area contributed by atoms with E-state index in [-0.39, 0.29) is 0 Å². The average molecular weight is 371 g/mol. The second-order valence-corrected chi connectivity index (χ2v) is 5.15. The third-order valence-corrected chi connectivity index (χ3v) is 3.43. The van der Waals surface area contributed by atoms with E-state index in [0.29, 0.717) is 15.6 Å². The third kappa shape index (κ3) is 4.17. The quantitative estimate of drug-likeness (QED) is 0.637. The van der Waals surface area contributed by atoms with Crippen LogP contribution in [0.1, 0.15) is 21.5 Å². The maximum Gasteiger partial charge on any atom is 0.416 e. The summed E-state index contributed by atoms with van der Waals surface area (Å²) in [6.07, 6.45) is -3.10. The molecule has 1 amide bonds. The number of amides is 1. The lowest BCUT2D eigenvalue weighted by Crippen LogP contribution is -2.18. The number of carbonyl (C=O) groups is 1. The molecule has 0 saturated heterocycles. The van der Waals surface area contributed by atoms with Gasteiger partial charge in [-0.3, -0.25) is 4.79 Å². The van der Waals surface area contributed by atoms with Crippen molar-refractivity contribution >= 4 is 28.1 Å². The summed E-state index contributed by atoms with van der Waals surface area (Å²) in [4.78, 5) is 11.8. The minimum absolute atomic E-state index is 0.409. The molecular weight excluding hydrogens is 361 g/mol. The van der Waals surface area contributed by atoms with Crippen molar-refractivity contribution < 1.29 is 18.0 Å². The zero-order chi connectivity index (χ0) is 16.2. The smallest absolute Gasteiger partial charge is 0.267 e. The first-order valence-electron chi connectivity index (χ1n) is 6.13. The molecule has 0 unspecified atom stereocenters. The van der Waals surface area contributed by atoms with Crippen molar-refractivity contribution in [1.82, 2.24) is 5.43 Å². The number of hydrazone groups is 1. The molecule has 0 radical (unpaired) electrons. The zero-order valence-electron chi connectivity index (χ0n) is 11.1. The number of nitrogens with one attached hydrogen (secondary N) is 1. The first-order valence-corrected chi connectivity index (χ1v) is 6.92. The largest absolute Gasteiger partial charge is 0.416 e. The first-order chi connectivity index (χ1) is 10.4. The summed E-state index contributed by atoms with van der Waals surface area (Å²) < 4.78 is 37.8. The van der Waals surface area contributed by atoms with Gasteiger partial charge in [0, 0.05) is 4.47 Å². The summed E-state index contributed by atoms with van der Waals surface area (Å²) in [7, 11) is 0. The Balaban J connectivity index is 2.01. The summed E-state index contributed by atoms with van der Waals surface area (Å²) in [6.45, 7) is 0. The number of benzene rings is 2. The van der Waals surface area contributed by atoms with Crippen LogP contribution in [0.2, 0.25) is 0 Å². The van der Waals surface area contributed by atoms with Crippen molar-refractivity contribution in [3.63, 3.8) is 0 Å². The van der Waals surface area contributed by atoms with Crippen molar-refractivity contribution in [3.05, 3.63) is 69.7 Å². The van der Waals surface area contributed by atoms with Gasteiger partial charge >= 0.3 is 6.18 Å². The second kappa shape index (κ2) is 6.74. The van der Waals surface area contributed by atoms with E-state index in [9.17, 15) is 18.0 Å². The van der Waals surface area contributed by atoms with Gasteiger partial charge in [0.05, 0.1) is 17.3 Å². The topological polar surface area (TPSA) is 41.5 Å². The number of hydrogen-bond acceptors (Lipinski definition) is 2. The van der Waals surface area contributed by atoms with E-state index >= 15 is 0 Å². The molecule has 0 atom stereocenters. The summed E-state index contributed by atoms with van der Waals surface area (Å²) in [5.74, 6) is -0.421. The Labute approximate surface area is 133 Å². The number of hydrogen-bond donors (Lipinski definition) is 1. The molecule has 7 heteroatoms. The normalized spacial score (nSPS) is 11.6. The highest BCUT2D eigenvalue weighted by Gasteiger charge is 2.29. The maximum absolute atomic E-state index is 12.4. The van der Waals surface area contributed by atoms with E-state index in [4.69, 9.17) is 0 Å². The Morgan fingerprint density at radius 2 is 1.73 bits per heavy atom. The lowest BCUT2D eigenvalue weighted by atomic mass is 10.1. The van der Waals surface area contributed by atoms with E-state index in [1.165, 1.54) is 18.3 Å². The molecule has 22 heavy (non-hydrogen) atoms. The van der Waals surface area contributed by atoms with E-state index < -0.39 is 17.6 Å². The summed E-state index contributed by atoms with van der Waals surface area (Å²) in [5, 5.41) is 3.72. The SMILES string of the molecule is O=C(N/N=C\c1ccc(C(F)(F)F)cc1)c1ccccc1Br. The van der Waals surface area contributed by atoms with Crippen molar-refractivity contribution in [2.75, 3.05) is 0 Å². The fourth-order valence-electron chi connectivity index (χ4n) is 1.63. The molecule has 0 aliphatic rings. The number of halogens is 4. The molecule has 2 rings (SSSR count). The fraction of sp³-hybridized carbons (Fsp3) is 0.0667. The standard InChI is InChI=1S/C15H10BrF3N2O/c16-13-4-2-1-3-12(13)14(22)21-20-9-10-5-7-11(8-6-10)15(17,18)19/h1-9H,(H,21,22)/b20-9-. The molecule has 0 fully saturated rings. The molecule has 0 aromatic heterocycles. The Morgan fingerprint density at radius 1 is 1.09 bits per heavy atom. The summed E-state index contributed by atoms with van der Waals surface area (Å²) in [5.41, 5.74) is 2.43. The van der Waals surface area contributed by atoms with Gasteiger partial charge in [-0.25, -0.2) is 5.43 Å². The Morgan fingerprint density at radius 3 is 2.32 bits per heavy atom. The third-order valence-electron chi connectivity index (χ3n) is 2.74. The summed E-state index contributed by atoms with van der Waals surface area (Å²) >= 11 is 3.24. The van der Waals surface area contributed by atoms with Crippen LogP contribution in [0.15, 0.2) is 58.1 Å². The molecule has 2 aromatic carbocycles. The maximum atomic E-state index is 12.4. The Bertz CT molecular complexity index is 697. The van der Waals surface area contributed by atoms with Crippen molar-refractivity contribution in [2.45, 2.75) is 6.18 Å². The van der Waals surface area contributed by atoms with Crippen LogP contribution in [0.3, 0.4) is 0 Å². The molecule has 1 N–H and O–H groups in total. The number of carbonyl (C=O) groups excluding carboxylic acids is 1. The van der Waals surface area contributed by atoms with Crippen LogP contribution in [0.5, 0.6) is 0 Å². The molecule has 3 nitrogen and oxygen atoms in total. The molecule has 0 aliphatic carbocycles. The van der Waals surface area contributed by atoms with Gasteiger partial charge in [0.25, 0.3) is 5.91 Å². The average Bonchev–Trinajstić information content (AvgIpc) is 2.47. The van der Waals surface area contributed by atoms with Crippen LogP contribution in [-0.2, 0) is 6.18 Å². The van der Waals surface area contributed by atoms with Gasteiger partial charge in [0.2, 0.25) is 0 Å². The minimum Gasteiger partial charge on any atom is -0.267 e. The summed E-state index contributed by atoms with van der Waals surface area (Å²) in [6, 6.07) is 11.3. The first kappa shape index (κ1) is 16.2. The molecule has 0 aliphatic heterocycles. The Kier molecular flexibility index (Phi) is 4.97. The highest BCUT2D eigenvalue weighted by atomic mass is 79.9. The lowest BCUT2D eigenvalue weighted by Gasteiger charge is -2.05. The lowest BCUT2D eigenvalue weighted by molar-refractivity contribution is -0.137. The molecule has 0 bridgehead atoms. The van der Waals surface area contributed by atoms with Gasteiger partial charge in [-0.05, 0) is 45.8 Å². The van der Waals surface area contributed by atoms with Crippen LogP contribution in [0.25, 0.3) is 0 Å². The number of rotatable bonds is 3. The minimum atomic E-state index is -4.37. The van der Waals surface area contributed by atoms with Gasteiger partial charge in [-0.15, -0.1) is 0 Å². The molecule has 2 aromatic rings. The van der Waals surface area contributed by atoms with Gasteiger partial charge in [-0.1, -0.05) is 24.3 Å². The number of alkyl halides is 3. The van der Waals surface area contributed by atoms with E-state index in [1.807, 2.05) is 0 Å². The van der Waals surface area contributed by atoms with E-state index in [0.717, 1.165) is 12.1 Å². The highest BCUT2D eigenvalue weighted by Crippen LogP contribution is 2.28. The van der Waals surface area contributed by atoms with Crippen molar-refractivity contribution in [3.8, 4) is 0 Å². The number of nitrogens with zero attached hydrogens (tertiary/aromatic N) is 1.